The number of nitrogens with zero attached hydrogens (tertiary/aromatic N) is 2. The molecule has 1 aromatic heterocycles. The molecule has 0 amide bonds. The van der Waals surface area contributed by atoms with E-state index in [2.05, 4.69) is 34.4 Å². The third kappa shape index (κ3) is 3.34. The van der Waals surface area contributed by atoms with Crippen LogP contribution in [0.3, 0.4) is 0 Å². The highest BCUT2D eigenvalue weighted by molar-refractivity contribution is 5.43. The molecule has 2 atom stereocenters. The van der Waals surface area contributed by atoms with Crippen LogP contribution in [-0.4, -0.2) is 22.6 Å². The Labute approximate surface area is 110 Å². The molecule has 1 heterocycles. The Kier molecular flexibility index (Phi) is 4.39. The smallest absolute Gasteiger partial charge is 0.224 e. The quantitative estimate of drug-likeness (QED) is 0.859. The second-order valence-corrected chi connectivity index (χ2v) is 5.26. The van der Waals surface area contributed by atoms with E-state index < -0.39 is 0 Å². The highest BCUT2D eigenvalue weighted by atomic mass is 15.1. The molecule has 4 heteroatoms. The molecule has 1 aliphatic rings. The van der Waals surface area contributed by atoms with Gasteiger partial charge in [0.2, 0.25) is 5.95 Å². The molecule has 2 rings (SSSR count). The lowest BCUT2D eigenvalue weighted by Crippen LogP contribution is -2.30. The molecule has 0 aromatic carbocycles. The summed E-state index contributed by atoms with van der Waals surface area (Å²) < 4.78 is 0. The molecular weight excluding hydrogens is 224 g/mol. The van der Waals surface area contributed by atoms with Crippen molar-refractivity contribution >= 4 is 11.8 Å². The van der Waals surface area contributed by atoms with Gasteiger partial charge in [-0.05, 0) is 32.6 Å². The maximum atomic E-state index is 4.52. The molecule has 0 bridgehead atoms. The Morgan fingerprint density at radius 2 is 2.06 bits per heavy atom. The molecule has 2 N–H and O–H groups in total. The number of nitrogens with one attached hydrogen (secondary N) is 2. The van der Waals surface area contributed by atoms with Gasteiger partial charge in [-0.2, -0.15) is 4.98 Å². The monoisotopic (exact) mass is 248 g/mol. The van der Waals surface area contributed by atoms with E-state index in [0.29, 0.717) is 6.04 Å². The normalized spacial score (nSPS) is 23.7. The summed E-state index contributed by atoms with van der Waals surface area (Å²) in [4.78, 5) is 8.89. The van der Waals surface area contributed by atoms with Gasteiger partial charge in [-0.1, -0.05) is 19.8 Å². The summed E-state index contributed by atoms with van der Waals surface area (Å²) in [5.41, 5.74) is 1.01. The van der Waals surface area contributed by atoms with Gasteiger partial charge < -0.3 is 10.6 Å². The zero-order chi connectivity index (χ0) is 13.0. The van der Waals surface area contributed by atoms with Crippen molar-refractivity contribution in [2.45, 2.75) is 52.5 Å². The van der Waals surface area contributed by atoms with Crippen molar-refractivity contribution in [1.29, 1.82) is 0 Å². The maximum absolute atomic E-state index is 4.52. The number of anilines is 2. The van der Waals surface area contributed by atoms with Crippen molar-refractivity contribution in [3.8, 4) is 0 Å². The molecule has 0 saturated heterocycles. The first-order valence-corrected chi connectivity index (χ1v) is 7.05. The molecule has 1 aliphatic carbocycles. The van der Waals surface area contributed by atoms with Gasteiger partial charge >= 0.3 is 0 Å². The van der Waals surface area contributed by atoms with Crippen molar-refractivity contribution < 1.29 is 0 Å². The third-order valence-corrected chi connectivity index (χ3v) is 3.63. The van der Waals surface area contributed by atoms with E-state index in [4.69, 9.17) is 0 Å². The summed E-state index contributed by atoms with van der Waals surface area (Å²) in [6.45, 7) is 7.25. The van der Waals surface area contributed by atoms with Gasteiger partial charge in [0.15, 0.2) is 0 Å². The van der Waals surface area contributed by atoms with Crippen LogP contribution in [0.15, 0.2) is 6.07 Å². The number of hydrogen-bond donors (Lipinski definition) is 2. The zero-order valence-corrected chi connectivity index (χ0v) is 11.7. The van der Waals surface area contributed by atoms with E-state index in [1.165, 1.54) is 25.7 Å². The number of aromatic nitrogens is 2. The lowest BCUT2D eigenvalue weighted by Gasteiger charge is -2.30. The van der Waals surface area contributed by atoms with Gasteiger partial charge in [-0.25, -0.2) is 4.98 Å². The predicted molar refractivity (Wildman–Crippen MR) is 76.0 cm³/mol. The molecule has 2 unspecified atom stereocenters. The topological polar surface area (TPSA) is 49.8 Å². The van der Waals surface area contributed by atoms with Crippen LogP contribution in [0.2, 0.25) is 0 Å². The molecule has 18 heavy (non-hydrogen) atoms. The summed E-state index contributed by atoms with van der Waals surface area (Å²) in [6.07, 6.45) is 5.26. The molecule has 0 spiro atoms. The van der Waals surface area contributed by atoms with Crippen LogP contribution in [0, 0.1) is 12.8 Å². The van der Waals surface area contributed by atoms with Crippen LogP contribution in [0.25, 0.3) is 0 Å². The van der Waals surface area contributed by atoms with Crippen molar-refractivity contribution in [3.63, 3.8) is 0 Å². The van der Waals surface area contributed by atoms with Crippen LogP contribution >= 0.6 is 0 Å². The largest absolute Gasteiger partial charge is 0.367 e. The van der Waals surface area contributed by atoms with Gasteiger partial charge in [0.1, 0.15) is 5.82 Å². The van der Waals surface area contributed by atoms with Gasteiger partial charge in [0.05, 0.1) is 0 Å². The molecule has 1 aromatic rings. The fraction of sp³-hybridized carbons (Fsp3) is 0.714. The lowest BCUT2D eigenvalue weighted by molar-refractivity contribution is 0.349. The Hall–Kier alpha value is -1.32. The first kappa shape index (κ1) is 13.1. The van der Waals surface area contributed by atoms with E-state index in [1.807, 2.05) is 13.0 Å². The van der Waals surface area contributed by atoms with Gasteiger partial charge in [0, 0.05) is 24.3 Å². The second kappa shape index (κ2) is 6.03. The average Bonchev–Trinajstić information content (AvgIpc) is 2.32. The Morgan fingerprint density at radius 3 is 2.78 bits per heavy atom. The lowest BCUT2D eigenvalue weighted by atomic mass is 9.86. The van der Waals surface area contributed by atoms with Crippen molar-refractivity contribution in [1.82, 2.24) is 9.97 Å². The SMILES string of the molecule is CCNc1nc(C)cc(NC2CCCCC2C)n1. The summed E-state index contributed by atoms with van der Waals surface area (Å²) in [7, 11) is 0. The van der Waals surface area contributed by atoms with Gasteiger partial charge in [-0.3, -0.25) is 0 Å². The van der Waals surface area contributed by atoms with E-state index in [9.17, 15) is 0 Å². The minimum Gasteiger partial charge on any atom is -0.367 e. The molecule has 100 valence electrons. The Bertz CT molecular complexity index is 391. The average molecular weight is 248 g/mol. The van der Waals surface area contributed by atoms with Crippen LogP contribution < -0.4 is 10.6 Å². The standard InChI is InChI=1S/C14H24N4/c1-4-15-14-16-11(3)9-13(18-14)17-12-8-6-5-7-10(12)2/h9-10,12H,4-8H2,1-3H3,(H2,15,16,17,18). The highest BCUT2D eigenvalue weighted by Crippen LogP contribution is 2.26. The molecule has 0 radical (unpaired) electrons. The minimum absolute atomic E-state index is 0.558. The van der Waals surface area contributed by atoms with E-state index in [0.717, 1.165) is 29.9 Å². The summed E-state index contributed by atoms with van der Waals surface area (Å²) >= 11 is 0. The van der Waals surface area contributed by atoms with Crippen LogP contribution in [0.1, 0.15) is 45.2 Å². The molecule has 1 fully saturated rings. The summed E-state index contributed by atoms with van der Waals surface area (Å²) in [5.74, 6) is 2.41. The molecule has 4 nitrogen and oxygen atoms in total. The van der Waals surface area contributed by atoms with Crippen LogP contribution in [0.5, 0.6) is 0 Å². The number of rotatable bonds is 4. The van der Waals surface area contributed by atoms with Crippen molar-refractivity contribution in [2.75, 3.05) is 17.2 Å². The van der Waals surface area contributed by atoms with Crippen molar-refractivity contribution in [3.05, 3.63) is 11.8 Å². The summed E-state index contributed by atoms with van der Waals surface area (Å²) in [6, 6.07) is 2.59. The van der Waals surface area contributed by atoms with Crippen LogP contribution in [0.4, 0.5) is 11.8 Å². The Balaban J connectivity index is 2.07. The van der Waals surface area contributed by atoms with Gasteiger partial charge in [-0.15, -0.1) is 0 Å². The maximum Gasteiger partial charge on any atom is 0.224 e. The fourth-order valence-electron chi connectivity index (χ4n) is 2.60. The summed E-state index contributed by atoms with van der Waals surface area (Å²) in [5, 5.41) is 6.75. The van der Waals surface area contributed by atoms with E-state index >= 15 is 0 Å². The van der Waals surface area contributed by atoms with Crippen molar-refractivity contribution in [2.24, 2.45) is 5.92 Å². The first-order valence-electron chi connectivity index (χ1n) is 7.05. The first-order chi connectivity index (χ1) is 8.69. The fourth-order valence-corrected chi connectivity index (χ4v) is 2.60. The molecule has 0 aliphatic heterocycles. The highest BCUT2D eigenvalue weighted by Gasteiger charge is 2.21. The van der Waals surface area contributed by atoms with E-state index in [1.54, 1.807) is 0 Å². The molecule has 1 saturated carbocycles. The number of aryl methyl sites for hydroxylation is 1. The van der Waals surface area contributed by atoms with Gasteiger partial charge in [0.25, 0.3) is 0 Å². The number of hydrogen-bond acceptors (Lipinski definition) is 4. The van der Waals surface area contributed by atoms with Crippen LogP contribution in [-0.2, 0) is 0 Å². The third-order valence-electron chi connectivity index (χ3n) is 3.63. The second-order valence-electron chi connectivity index (χ2n) is 5.26. The Morgan fingerprint density at radius 1 is 1.28 bits per heavy atom. The predicted octanol–water partition coefficient (Wildman–Crippen LogP) is 3.21. The zero-order valence-electron chi connectivity index (χ0n) is 11.7. The van der Waals surface area contributed by atoms with E-state index in [-0.39, 0.29) is 0 Å². The minimum atomic E-state index is 0.558. The molecular formula is C14H24N4.